The topological polar surface area (TPSA) is 34.4 Å². The molecule has 2 heterocycles. The molecule has 1 aliphatic heterocycles. The van der Waals surface area contributed by atoms with Gasteiger partial charge in [0.15, 0.2) is 4.80 Å². The van der Waals surface area contributed by atoms with E-state index in [-0.39, 0.29) is 11.6 Å². The molecule has 0 spiro atoms. The minimum absolute atomic E-state index is 0.0254. The minimum Gasteiger partial charge on any atom is -0.272 e. The third kappa shape index (κ3) is 3.61. The summed E-state index contributed by atoms with van der Waals surface area (Å²) in [5.41, 5.74) is 8.29. The molecule has 0 unspecified atom stereocenters. The highest BCUT2D eigenvalue weighted by molar-refractivity contribution is 7.07. The Labute approximate surface area is 202 Å². The smallest absolute Gasteiger partial charge is 0.271 e. The first kappa shape index (κ1) is 20.8. The summed E-state index contributed by atoms with van der Waals surface area (Å²) in [6, 6.07) is 27.1. The van der Waals surface area contributed by atoms with Crippen LogP contribution in [0.1, 0.15) is 40.3 Å². The molecule has 0 radical (unpaired) electrons. The van der Waals surface area contributed by atoms with Crippen molar-refractivity contribution in [3.05, 3.63) is 138 Å². The van der Waals surface area contributed by atoms with Crippen molar-refractivity contribution >= 4 is 29.2 Å². The van der Waals surface area contributed by atoms with Crippen LogP contribution in [0.4, 0.5) is 0 Å². The maximum absolute atomic E-state index is 13.7. The average Bonchev–Trinajstić information content (AvgIpc) is 3.19. The molecule has 0 saturated heterocycles. The molecular weight excluding hydrogens is 436 g/mol. The molecule has 4 aromatic rings. The second-order valence-corrected chi connectivity index (χ2v) is 9.83. The minimum atomic E-state index is -0.125. The van der Waals surface area contributed by atoms with E-state index in [0.29, 0.717) is 4.53 Å². The zero-order chi connectivity index (χ0) is 23.1. The third-order valence-corrected chi connectivity index (χ3v) is 7.60. The van der Waals surface area contributed by atoms with Gasteiger partial charge in [0, 0.05) is 5.56 Å². The van der Waals surface area contributed by atoms with E-state index in [0.717, 1.165) is 34.5 Å². The van der Waals surface area contributed by atoms with E-state index < -0.39 is 0 Å². The fourth-order valence-corrected chi connectivity index (χ4v) is 5.85. The van der Waals surface area contributed by atoms with Crippen molar-refractivity contribution < 1.29 is 0 Å². The fraction of sp³-hybridized carbons (Fsp3) is 0.133. The predicted octanol–water partition coefficient (Wildman–Crippen LogP) is 5.29. The van der Waals surface area contributed by atoms with Crippen molar-refractivity contribution in [1.82, 2.24) is 4.57 Å². The van der Waals surface area contributed by atoms with E-state index in [2.05, 4.69) is 67.6 Å². The number of aryl methyl sites for hydroxylation is 2. The highest BCUT2D eigenvalue weighted by atomic mass is 32.1. The van der Waals surface area contributed by atoms with Gasteiger partial charge in [-0.15, -0.1) is 0 Å². The molecule has 0 N–H and O–H groups in total. The number of hydrogen-bond acceptors (Lipinski definition) is 3. The van der Waals surface area contributed by atoms with Crippen LogP contribution in [-0.2, 0) is 6.42 Å². The maximum atomic E-state index is 13.7. The number of nitrogens with zero attached hydrogens (tertiary/aromatic N) is 2. The van der Waals surface area contributed by atoms with Gasteiger partial charge in [0.1, 0.15) is 0 Å². The van der Waals surface area contributed by atoms with Gasteiger partial charge in [-0.3, -0.25) is 9.36 Å². The van der Waals surface area contributed by atoms with Crippen molar-refractivity contribution in [2.45, 2.75) is 25.8 Å². The number of aromatic nitrogens is 1. The lowest BCUT2D eigenvalue weighted by molar-refractivity contribution is 0.585. The van der Waals surface area contributed by atoms with E-state index in [9.17, 15) is 4.79 Å². The van der Waals surface area contributed by atoms with Crippen molar-refractivity contribution in [2.75, 3.05) is 0 Å². The van der Waals surface area contributed by atoms with Crippen molar-refractivity contribution in [2.24, 2.45) is 4.99 Å². The van der Waals surface area contributed by atoms with E-state index >= 15 is 0 Å². The summed E-state index contributed by atoms with van der Waals surface area (Å²) in [5, 5.41) is 0. The maximum Gasteiger partial charge on any atom is 0.271 e. The van der Waals surface area contributed by atoms with Crippen LogP contribution >= 0.6 is 11.3 Å². The van der Waals surface area contributed by atoms with Gasteiger partial charge in [-0.25, -0.2) is 4.99 Å². The molecule has 3 nitrogen and oxygen atoms in total. The van der Waals surface area contributed by atoms with E-state index in [1.165, 1.54) is 33.6 Å². The van der Waals surface area contributed by atoms with Crippen molar-refractivity contribution in [1.29, 1.82) is 0 Å². The van der Waals surface area contributed by atoms with E-state index in [1.807, 2.05) is 41.0 Å². The van der Waals surface area contributed by atoms with Crippen LogP contribution < -0.4 is 14.9 Å². The number of rotatable bonds is 3. The van der Waals surface area contributed by atoms with Gasteiger partial charge in [-0.1, -0.05) is 108 Å². The Balaban J connectivity index is 1.54. The molecule has 1 atom stereocenters. The Morgan fingerprint density at radius 1 is 0.941 bits per heavy atom. The second kappa shape index (κ2) is 8.54. The van der Waals surface area contributed by atoms with Gasteiger partial charge in [0.05, 0.1) is 16.3 Å². The summed E-state index contributed by atoms with van der Waals surface area (Å²) >= 11 is 1.47. The highest BCUT2D eigenvalue weighted by Gasteiger charge is 2.32. The van der Waals surface area contributed by atoms with Crippen LogP contribution in [0.15, 0.2) is 100 Å². The quantitative estimate of drug-likeness (QED) is 0.409. The third-order valence-electron chi connectivity index (χ3n) is 6.60. The van der Waals surface area contributed by atoms with E-state index in [1.54, 1.807) is 0 Å². The molecule has 0 fully saturated rings. The van der Waals surface area contributed by atoms with Gasteiger partial charge in [0.25, 0.3) is 5.56 Å². The monoisotopic (exact) mass is 460 g/mol. The van der Waals surface area contributed by atoms with Gasteiger partial charge in [-0.2, -0.15) is 0 Å². The molecular formula is C30H24N2OS. The van der Waals surface area contributed by atoms with Gasteiger partial charge in [-0.05, 0) is 48.1 Å². The highest BCUT2D eigenvalue weighted by Crippen LogP contribution is 2.41. The average molecular weight is 461 g/mol. The summed E-state index contributed by atoms with van der Waals surface area (Å²) in [5.74, 6) is 0. The molecule has 0 saturated carbocycles. The van der Waals surface area contributed by atoms with Crippen LogP contribution in [0.2, 0.25) is 0 Å². The molecule has 0 bridgehead atoms. The van der Waals surface area contributed by atoms with Crippen LogP contribution in [0, 0.1) is 6.92 Å². The van der Waals surface area contributed by atoms with Crippen LogP contribution in [0.3, 0.4) is 0 Å². The lowest BCUT2D eigenvalue weighted by atomic mass is 9.83. The van der Waals surface area contributed by atoms with Crippen LogP contribution in [0.25, 0.3) is 17.8 Å². The zero-order valence-electron chi connectivity index (χ0n) is 18.9. The summed E-state index contributed by atoms with van der Waals surface area (Å²) in [7, 11) is 0. The number of fused-ring (bicyclic) bond motifs is 3. The standard InChI is InChI=1S/C30H24N2OS/c1-20-14-16-23(17-15-20)28-25-19-18-22-11-5-6-12-24(22)27(25)31-30-32(28)29(33)26(34-30)13-7-10-21-8-3-2-4-9-21/h2-17,28H,18-19H2,1H3/b10-7+,26-13-/t28-/m0/s1. The zero-order valence-corrected chi connectivity index (χ0v) is 19.8. The summed E-state index contributed by atoms with van der Waals surface area (Å²) in [4.78, 5) is 19.5. The molecule has 1 aromatic heterocycles. The number of thiazole rings is 1. The van der Waals surface area contributed by atoms with Gasteiger partial charge < -0.3 is 0 Å². The predicted molar refractivity (Wildman–Crippen MR) is 140 cm³/mol. The van der Waals surface area contributed by atoms with Gasteiger partial charge >= 0.3 is 0 Å². The first-order chi connectivity index (χ1) is 16.7. The van der Waals surface area contributed by atoms with Crippen LogP contribution in [-0.4, -0.2) is 4.57 Å². The summed E-state index contributed by atoms with van der Waals surface area (Å²) < 4.78 is 2.61. The largest absolute Gasteiger partial charge is 0.272 e. The summed E-state index contributed by atoms with van der Waals surface area (Å²) in [6.07, 6.45) is 7.78. The Morgan fingerprint density at radius 3 is 2.53 bits per heavy atom. The molecule has 6 rings (SSSR count). The molecule has 0 amide bonds. The molecule has 1 aliphatic carbocycles. The first-order valence-corrected chi connectivity index (χ1v) is 12.4. The molecule has 3 aromatic carbocycles. The Bertz CT molecular complexity index is 1620. The number of allylic oxidation sites excluding steroid dienone is 2. The molecule has 34 heavy (non-hydrogen) atoms. The summed E-state index contributed by atoms with van der Waals surface area (Å²) in [6.45, 7) is 2.09. The van der Waals surface area contributed by atoms with E-state index in [4.69, 9.17) is 4.99 Å². The number of benzene rings is 3. The SMILES string of the molecule is Cc1ccc([C@H]2C3=C(N=c4s/c(=C\C=C\c5ccccc5)c(=O)n42)c2ccccc2CC3)cc1. The van der Waals surface area contributed by atoms with Crippen molar-refractivity contribution in [3.63, 3.8) is 0 Å². The first-order valence-electron chi connectivity index (χ1n) is 11.6. The normalized spacial score (nSPS) is 17.3. The molecule has 4 heteroatoms. The molecule has 166 valence electrons. The number of hydrogen-bond donors (Lipinski definition) is 0. The lowest BCUT2D eigenvalue weighted by Crippen LogP contribution is -2.38. The molecule has 2 aliphatic rings. The Morgan fingerprint density at radius 2 is 1.71 bits per heavy atom. The lowest BCUT2D eigenvalue weighted by Gasteiger charge is -2.30. The Kier molecular flexibility index (Phi) is 5.23. The van der Waals surface area contributed by atoms with Crippen LogP contribution in [0.5, 0.6) is 0 Å². The second-order valence-electron chi connectivity index (χ2n) is 8.82. The Hall–Kier alpha value is -3.76. The fourth-order valence-electron chi connectivity index (χ4n) is 4.90. The van der Waals surface area contributed by atoms with Crippen molar-refractivity contribution in [3.8, 4) is 0 Å². The van der Waals surface area contributed by atoms with Gasteiger partial charge in [0.2, 0.25) is 0 Å².